The van der Waals surface area contributed by atoms with Crippen molar-refractivity contribution in [2.75, 3.05) is 54.1 Å². The number of aryl methyl sites for hydroxylation is 1. The number of ether oxygens (including phenoxy) is 3. The van der Waals surface area contributed by atoms with Crippen molar-refractivity contribution in [1.82, 2.24) is 20.0 Å². The standard InChI is InChI=1S/C30H38N4O6/c1-7-40-29(36)26-23(32(4)30(37)31-27(26)22-12-13-24(38-5)25(16-22)39-6)18-33-14-15-34(20(3)17-33)28(35)21-10-8-19(2)9-11-21/h8-13,16,20,27H,7,14-15,17-18H2,1-6H3,(H,31,37). The molecule has 2 unspecified atom stereocenters. The summed E-state index contributed by atoms with van der Waals surface area (Å²) in [5.41, 5.74) is 3.36. The Hall–Kier alpha value is -4.05. The van der Waals surface area contributed by atoms with E-state index in [1.165, 1.54) is 12.0 Å². The Morgan fingerprint density at radius 3 is 2.35 bits per heavy atom. The zero-order valence-electron chi connectivity index (χ0n) is 24.0. The van der Waals surface area contributed by atoms with Crippen LogP contribution in [0.15, 0.2) is 53.7 Å². The first-order valence-corrected chi connectivity index (χ1v) is 13.4. The zero-order valence-corrected chi connectivity index (χ0v) is 24.0. The van der Waals surface area contributed by atoms with E-state index in [9.17, 15) is 14.4 Å². The van der Waals surface area contributed by atoms with Gasteiger partial charge in [-0.15, -0.1) is 0 Å². The molecule has 214 valence electrons. The summed E-state index contributed by atoms with van der Waals surface area (Å²) in [7, 11) is 4.73. The number of nitrogens with one attached hydrogen (secondary N) is 1. The van der Waals surface area contributed by atoms with Gasteiger partial charge < -0.3 is 24.4 Å². The van der Waals surface area contributed by atoms with Crippen LogP contribution in [0.4, 0.5) is 4.79 Å². The molecule has 2 aromatic rings. The third-order valence-electron chi connectivity index (χ3n) is 7.46. The van der Waals surface area contributed by atoms with Crippen LogP contribution in [0.2, 0.25) is 0 Å². The van der Waals surface area contributed by atoms with Gasteiger partial charge in [0.25, 0.3) is 5.91 Å². The number of carbonyl (C=O) groups excluding carboxylic acids is 3. The number of urea groups is 1. The van der Waals surface area contributed by atoms with E-state index in [2.05, 4.69) is 10.2 Å². The molecule has 2 aliphatic heterocycles. The normalized spacial score (nSPS) is 19.8. The van der Waals surface area contributed by atoms with E-state index in [-0.39, 0.29) is 24.6 Å². The van der Waals surface area contributed by atoms with Crippen molar-refractivity contribution in [3.63, 3.8) is 0 Å². The third-order valence-corrected chi connectivity index (χ3v) is 7.46. The van der Waals surface area contributed by atoms with Crippen molar-refractivity contribution in [2.24, 2.45) is 0 Å². The first-order chi connectivity index (χ1) is 19.2. The van der Waals surface area contributed by atoms with Gasteiger partial charge in [-0.2, -0.15) is 0 Å². The van der Waals surface area contributed by atoms with E-state index in [1.54, 1.807) is 39.3 Å². The number of amides is 3. The quantitative estimate of drug-likeness (QED) is 0.503. The monoisotopic (exact) mass is 550 g/mol. The van der Waals surface area contributed by atoms with Gasteiger partial charge in [0.2, 0.25) is 0 Å². The van der Waals surface area contributed by atoms with Crippen molar-refractivity contribution in [3.8, 4) is 11.5 Å². The van der Waals surface area contributed by atoms with Crippen molar-refractivity contribution in [1.29, 1.82) is 0 Å². The highest BCUT2D eigenvalue weighted by atomic mass is 16.5. The fourth-order valence-corrected chi connectivity index (χ4v) is 5.23. The molecule has 0 saturated carbocycles. The average molecular weight is 551 g/mol. The molecule has 0 spiro atoms. The van der Waals surface area contributed by atoms with Crippen LogP contribution >= 0.6 is 0 Å². The summed E-state index contributed by atoms with van der Waals surface area (Å²) in [6.07, 6.45) is 0. The molecule has 10 heteroatoms. The molecule has 0 aromatic heterocycles. The number of carbonyl (C=O) groups is 3. The Morgan fingerprint density at radius 1 is 1.02 bits per heavy atom. The fraction of sp³-hybridized carbons (Fsp3) is 0.433. The van der Waals surface area contributed by atoms with E-state index >= 15 is 0 Å². The summed E-state index contributed by atoms with van der Waals surface area (Å²) in [6.45, 7) is 8.02. The van der Waals surface area contributed by atoms with Crippen LogP contribution in [0.3, 0.4) is 0 Å². The van der Waals surface area contributed by atoms with E-state index in [0.717, 1.165) is 5.56 Å². The molecule has 2 heterocycles. The van der Waals surface area contributed by atoms with Crippen LogP contribution in [0, 0.1) is 6.92 Å². The van der Waals surface area contributed by atoms with Gasteiger partial charge in [0.1, 0.15) is 0 Å². The minimum absolute atomic E-state index is 0.00116. The van der Waals surface area contributed by atoms with Gasteiger partial charge in [0.05, 0.1) is 32.4 Å². The molecule has 2 aliphatic rings. The van der Waals surface area contributed by atoms with Crippen molar-refractivity contribution in [3.05, 3.63) is 70.4 Å². The van der Waals surface area contributed by atoms with Crippen LogP contribution in [0.25, 0.3) is 0 Å². The van der Waals surface area contributed by atoms with E-state index in [1.807, 2.05) is 43.0 Å². The molecule has 1 saturated heterocycles. The minimum atomic E-state index is -0.737. The van der Waals surface area contributed by atoms with Crippen molar-refractivity contribution < 1.29 is 28.6 Å². The summed E-state index contributed by atoms with van der Waals surface area (Å²) < 4.78 is 16.3. The number of nitrogens with zero attached hydrogens (tertiary/aromatic N) is 3. The predicted molar refractivity (Wildman–Crippen MR) is 150 cm³/mol. The van der Waals surface area contributed by atoms with E-state index < -0.39 is 12.0 Å². The number of esters is 1. The van der Waals surface area contributed by atoms with E-state index in [0.29, 0.717) is 60.1 Å². The molecule has 2 atom stereocenters. The molecule has 0 radical (unpaired) electrons. The van der Waals surface area contributed by atoms with Crippen LogP contribution in [-0.4, -0.2) is 92.7 Å². The van der Waals surface area contributed by atoms with Gasteiger partial charge in [-0.3, -0.25) is 14.6 Å². The number of methoxy groups -OCH3 is 2. The lowest BCUT2D eigenvalue weighted by molar-refractivity contribution is -0.139. The zero-order chi connectivity index (χ0) is 29.0. The molecule has 0 bridgehead atoms. The third kappa shape index (κ3) is 5.91. The number of piperazine rings is 1. The lowest BCUT2D eigenvalue weighted by Crippen LogP contribution is -2.56. The molecule has 10 nitrogen and oxygen atoms in total. The van der Waals surface area contributed by atoms with Crippen LogP contribution in [0.1, 0.15) is 41.4 Å². The number of hydrogen-bond acceptors (Lipinski definition) is 7. The number of rotatable bonds is 8. The van der Waals surface area contributed by atoms with Crippen molar-refractivity contribution in [2.45, 2.75) is 32.9 Å². The summed E-state index contributed by atoms with van der Waals surface area (Å²) in [5, 5.41) is 2.94. The lowest BCUT2D eigenvalue weighted by Gasteiger charge is -2.42. The average Bonchev–Trinajstić information content (AvgIpc) is 2.95. The second-order valence-corrected chi connectivity index (χ2v) is 10.1. The Morgan fingerprint density at radius 2 is 1.73 bits per heavy atom. The molecular weight excluding hydrogens is 512 g/mol. The number of likely N-dealkylation sites (N-methyl/N-ethyl adjacent to an activating group) is 1. The fourth-order valence-electron chi connectivity index (χ4n) is 5.23. The Bertz CT molecular complexity index is 1290. The van der Waals surface area contributed by atoms with Gasteiger partial charge >= 0.3 is 12.0 Å². The van der Waals surface area contributed by atoms with Gasteiger partial charge in [0.15, 0.2) is 11.5 Å². The molecule has 2 aromatic carbocycles. The van der Waals surface area contributed by atoms with Gasteiger partial charge in [-0.1, -0.05) is 23.8 Å². The van der Waals surface area contributed by atoms with Crippen LogP contribution in [-0.2, 0) is 9.53 Å². The first-order valence-electron chi connectivity index (χ1n) is 13.4. The minimum Gasteiger partial charge on any atom is -0.493 e. The second-order valence-electron chi connectivity index (χ2n) is 10.1. The first kappa shape index (κ1) is 28.9. The van der Waals surface area contributed by atoms with Crippen molar-refractivity contribution >= 4 is 17.9 Å². The molecule has 0 aliphatic carbocycles. The summed E-state index contributed by atoms with van der Waals surface area (Å²) in [6, 6.07) is 11.8. The molecule has 4 rings (SSSR count). The topological polar surface area (TPSA) is 101 Å². The molecule has 40 heavy (non-hydrogen) atoms. The van der Waals surface area contributed by atoms with Gasteiger partial charge in [0, 0.05) is 50.5 Å². The highest BCUT2D eigenvalue weighted by Crippen LogP contribution is 2.36. The summed E-state index contributed by atoms with van der Waals surface area (Å²) in [5.74, 6) is 0.534. The van der Waals surface area contributed by atoms with Gasteiger partial charge in [-0.05, 0) is 50.6 Å². The van der Waals surface area contributed by atoms with E-state index in [4.69, 9.17) is 14.2 Å². The Balaban J connectivity index is 1.63. The number of hydrogen-bond donors (Lipinski definition) is 1. The predicted octanol–water partition coefficient (Wildman–Crippen LogP) is 3.37. The highest BCUT2D eigenvalue weighted by molar-refractivity contribution is 5.95. The molecule has 3 amide bonds. The number of benzene rings is 2. The van der Waals surface area contributed by atoms with Gasteiger partial charge in [-0.25, -0.2) is 9.59 Å². The molecule has 1 N–H and O–H groups in total. The maximum atomic E-state index is 13.4. The van der Waals surface area contributed by atoms with Crippen LogP contribution < -0.4 is 14.8 Å². The summed E-state index contributed by atoms with van der Waals surface area (Å²) >= 11 is 0. The Labute approximate surface area is 235 Å². The lowest BCUT2D eigenvalue weighted by atomic mass is 9.93. The Kier molecular flexibility index (Phi) is 8.99. The summed E-state index contributed by atoms with van der Waals surface area (Å²) in [4.78, 5) is 45.2. The second kappa shape index (κ2) is 12.4. The SMILES string of the molecule is CCOC(=O)C1=C(CN2CCN(C(=O)c3ccc(C)cc3)C(C)C2)N(C)C(=O)NC1c1ccc(OC)c(OC)c1. The molecular formula is C30H38N4O6. The molecule has 1 fully saturated rings. The largest absolute Gasteiger partial charge is 0.493 e. The highest BCUT2D eigenvalue weighted by Gasteiger charge is 2.38. The smallest absolute Gasteiger partial charge is 0.338 e. The van der Waals surface area contributed by atoms with Crippen LogP contribution in [0.5, 0.6) is 11.5 Å². The maximum absolute atomic E-state index is 13.4. The maximum Gasteiger partial charge on any atom is 0.338 e.